The van der Waals surface area contributed by atoms with E-state index in [1.807, 2.05) is 60.7 Å². The van der Waals surface area contributed by atoms with Gasteiger partial charge in [-0.05, 0) is 147 Å². The lowest BCUT2D eigenvalue weighted by atomic mass is 9.39. The second-order valence-corrected chi connectivity index (χ2v) is 25.2. The lowest BCUT2D eigenvalue weighted by Gasteiger charge is -2.65. The molecule has 77 heavy (non-hydrogen) atoms. The normalized spacial score (nSPS) is 27.1. The van der Waals surface area contributed by atoms with Crippen molar-refractivity contribution >= 4 is 34.7 Å². The molecule has 10 nitrogen and oxygen atoms in total. The first-order chi connectivity index (χ1) is 37.3. The molecule has 4 aliphatic carbocycles. The summed E-state index contributed by atoms with van der Waals surface area (Å²) in [5, 5.41) is 6.78. The van der Waals surface area contributed by atoms with Gasteiger partial charge in [0.25, 0.3) is 0 Å². The van der Waals surface area contributed by atoms with E-state index >= 15 is 0 Å². The van der Waals surface area contributed by atoms with Crippen LogP contribution in [0.2, 0.25) is 0 Å². The summed E-state index contributed by atoms with van der Waals surface area (Å²) < 4.78 is 11.7. The van der Waals surface area contributed by atoms with Crippen molar-refractivity contribution in [3.63, 3.8) is 0 Å². The fraction of sp³-hybridized carbons (Fsp3) is 0.672. The van der Waals surface area contributed by atoms with Gasteiger partial charge < -0.3 is 20.1 Å². The topological polar surface area (TPSA) is 145 Å². The summed E-state index contributed by atoms with van der Waals surface area (Å²) >= 11 is 0. The van der Waals surface area contributed by atoms with Gasteiger partial charge >= 0.3 is 11.9 Å². The highest BCUT2D eigenvalue weighted by Gasteiger charge is 2.67. The number of benzene rings is 2. The molecule has 10 heteroatoms. The summed E-state index contributed by atoms with van der Waals surface area (Å²) in [4.78, 5) is 81.5. The van der Waals surface area contributed by atoms with Gasteiger partial charge in [-0.1, -0.05) is 173 Å². The van der Waals surface area contributed by atoms with Crippen LogP contribution in [-0.2, 0) is 19.1 Å². The molecule has 3 unspecified atom stereocenters. The second-order valence-electron chi connectivity index (χ2n) is 25.2. The Bertz CT molecular complexity index is 2660. The van der Waals surface area contributed by atoms with E-state index < -0.39 is 27.1 Å². The number of fused-ring (bicyclic) bond motifs is 5. The van der Waals surface area contributed by atoms with Crippen molar-refractivity contribution in [2.24, 2.45) is 46.3 Å². The van der Waals surface area contributed by atoms with E-state index in [1.54, 1.807) is 0 Å². The van der Waals surface area contributed by atoms with Crippen LogP contribution in [-0.4, -0.2) is 24.6 Å². The number of unbranched alkanes of at least 4 members (excludes halogenated alkanes) is 17. The third-order valence-corrected chi connectivity index (χ3v) is 20.4. The predicted octanol–water partition coefficient (Wildman–Crippen LogP) is 15.4. The van der Waals surface area contributed by atoms with Gasteiger partial charge in [0.15, 0.2) is 0 Å². The molecular formula is C67H94N2O8. The zero-order valence-corrected chi connectivity index (χ0v) is 47.7. The maximum Gasteiger partial charge on any atom is 0.305 e. The molecule has 0 radical (unpaired) electrons. The smallest absolute Gasteiger partial charge is 0.305 e. The highest BCUT2D eigenvalue weighted by molar-refractivity contribution is 5.70. The van der Waals surface area contributed by atoms with Gasteiger partial charge in [-0.2, -0.15) is 0 Å². The minimum Gasteiger partial charge on any atom is -0.466 e. The number of anilines is 4. The van der Waals surface area contributed by atoms with Crippen molar-refractivity contribution in [1.82, 2.24) is 0 Å². The van der Waals surface area contributed by atoms with Gasteiger partial charge in [0.1, 0.15) is 6.10 Å². The molecule has 0 amide bonds. The third-order valence-electron chi connectivity index (χ3n) is 20.4. The molecule has 0 heterocycles. The van der Waals surface area contributed by atoms with Gasteiger partial charge in [0.05, 0.1) is 18.0 Å². The summed E-state index contributed by atoms with van der Waals surface area (Å²) in [7, 11) is 0. The van der Waals surface area contributed by atoms with Crippen LogP contribution in [0.25, 0.3) is 0 Å². The van der Waals surface area contributed by atoms with Gasteiger partial charge in [-0.25, -0.2) is 0 Å². The zero-order chi connectivity index (χ0) is 54.5. The Kier molecular flexibility index (Phi) is 20.7. The molecule has 8 rings (SSSR count). The fourth-order valence-electron chi connectivity index (χ4n) is 16.4. The Balaban J connectivity index is 0.923. The average Bonchev–Trinajstić information content (AvgIpc) is 4.00. The van der Waals surface area contributed by atoms with E-state index in [1.165, 1.54) is 110 Å². The van der Waals surface area contributed by atoms with E-state index in [9.17, 15) is 28.8 Å². The van der Waals surface area contributed by atoms with E-state index in [0.717, 1.165) is 56.3 Å². The molecule has 0 saturated heterocycles. The number of ether oxygens (including phenoxy) is 2. The Morgan fingerprint density at radius 1 is 0.610 bits per heavy atom. The van der Waals surface area contributed by atoms with E-state index in [0.29, 0.717) is 61.2 Å². The van der Waals surface area contributed by atoms with Gasteiger partial charge in [0, 0.05) is 35.8 Å². The Labute approximate surface area is 460 Å². The summed E-state index contributed by atoms with van der Waals surface area (Å²) in [5.74, 6) is -0.262. The lowest BCUT2D eigenvalue weighted by Crippen LogP contribution is -2.60. The van der Waals surface area contributed by atoms with Crippen molar-refractivity contribution in [3.05, 3.63) is 113 Å². The van der Waals surface area contributed by atoms with Crippen molar-refractivity contribution in [2.75, 3.05) is 17.2 Å². The second kappa shape index (κ2) is 27.3. The molecule has 11 atom stereocenters. The Morgan fingerprint density at radius 2 is 1.13 bits per heavy atom. The highest BCUT2D eigenvalue weighted by Crippen LogP contribution is 2.74. The minimum atomic E-state index is -0.487. The number of esters is 2. The van der Waals surface area contributed by atoms with Crippen molar-refractivity contribution in [3.8, 4) is 0 Å². The monoisotopic (exact) mass is 1050 g/mol. The maximum absolute atomic E-state index is 14.3. The molecule has 4 aliphatic rings. The number of carbonyl (C=O) groups excluding carboxylic acids is 2. The summed E-state index contributed by atoms with van der Waals surface area (Å²) in [6, 6.07) is 19.2. The quantitative estimate of drug-likeness (QED) is 0.0284. The fourth-order valence-corrected chi connectivity index (χ4v) is 16.4. The Morgan fingerprint density at radius 3 is 1.68 bits per heavy atom. The van der Waals surface area contributed by atoms with Crippen LogP contribution in [0.1, 0.15) is 237 Å². The van der Waals surface area contributed by atoms with Gasteiger partial charge in [-0.3, -0.25) is 28.8 Å². The number of hydrogen-bond donors (Lipinski definition) is 2. The standard InChI is InChI=1S/C67H94N2O8/c1-6-7-8-9-10-11-12-13-14-15-16-17-18-19-20-21-22-29-41-76-56(71)36-30-31-45(2)52-37-38-53-57-51(58-60(64(74)62(58)72)68-48-32-25-23-26-33-48)43-47-42-50(77-46(3)70)39-40-66(47,4)54(57)44-55(67(52,53)5)59-61(65(75)63(59)73)69-49-34-27-24-28-35-49/h23-28,32-35,45,47,50-55,57,68-69H,6-22,29-31,36-44H2,1-5H3/t45-,47-,50?,51?,52-,53+,54+,55?,57+,66+,67-/m1/s1. The van der Waals surface area contributed by atoms with Crippen molar-refractivity contribution < 1.29 is 19.1 Å². The lowest BCUT2D eigenvalue weighted by molar-refractivity contribution is -0.166. The molecule has 4 aromatic rings. The van der Waals surface area contributed by atoms with Crippen molar-refractivity contribution in [2.45, 2.75) is 232 Å². The van der Waals surface area contributed by atoms with Crippen LogP contribution in [0.5, 0.6) is 0 Å². The first-order valence-corrected chi connectivity index (χ1v) is 30.9. The van der Waals surface area contributed by atoms with Gasteiger partial charge in [-0.15, -0.1) is 0 Å². The van der Waals surface area contributed by atoms with E-state index in [2.05, 4.69) is 38.3 Å². The van der Waals surface area contributed by atoms with Crippen LogP contribution in [0.3, 0.4) is 0 Å². The van der Waals surface area contributed by atoms with Gasteiger partial charge in [0.2, 0.25) is 21.7 Å². The van der Waals surface area contributed by atoms with Crippen molar-refractivity contribution in [1.29, 1.82) is 0 Å². The number of carbonyl (C=O) groups is 2. The predicted molar refractivity (Wildman–Crippen MR) is 312 cm³/mol. The van der Waals surface area contributed by atoms with Crippen LogP contribution >= 0.6 is 0 Å². The summed E-state index contributed by atoms with van der Waals surface area (Å²) in [6.07, 6.45) is 30.8. The molecule has 2 N–H and O–H groups in total. The summed E-state index contributed by atoms with van der Waals surface area (Å²) in [6.45, 7) is 11.3. The zero-order valence-electron chi connectivity index (χ0n) is 47.7. The van der Waals surface area contributed by atoms with Crippen LogP contribution in [0.4, 0.5) is 22.7 Å². The molecule has 4 saturated carbocycles. The van der Waals surface area contributed by atoms with Crippen LogP contribution < -0.4 is 32.3 Å². The number of rotatable bonds is 31. The highest BCUT2D eigenvalue weighted by atomic mass is 16.5. The average molecular weight is 1060 g/mol. The van der Waals surface area contributed by atoms with E-state index in [4.69, 9.17) is 9.47 Å². The van der Waals surface area contributed by atoms with E-state index in [-0.39, 0.29) is 70.8 Å². The summed E-state index contributed by atoms with van der Waals surface area (Å²) in [5.41, 5.74) is 1.03. The maximum atomic E-state index is 14.3. The largest absolute Gasteiger partial charge is 0.466 e. The molecule has 0 aromatic heterocycles. The van der Waals surface area contributed by atoms with Crippen LogP contribution in [0, 0.1) is 46.3 Å². The molecular weight excluding hydrogens is 961 g/mol. The number of para-hydroxylation sites is 2. The molecule has 4 aromatic carbocycles. The molecule has 0 bridgehead atoms. The SMILES string of the molecule is CCCCCCCCCCCCCCCCCCCCOC(=O)CCC[C@@H](C)[C@H]1CC[C@H]2[C@@H]3C(c4c(Nc5ccccc5)c(=O)c4=O)C[C@H]4CC(OC(C)=O)CC[C@]4(C)[C@H]3CC(c3c(Nc4ccccc4)c(=O)c3=O)[C@]12C. The number of hydrogen-bond acceptors (Lipinski definition) is 10. The molecule has 0 aliphatic heterocycles. The first kappa shape index (κ1) is 58.3. The third kappa shape index (κ3) is 13.4. The molecule has 0 spiro atoms. The number of nitrogens with one attached hydrogen (secondary N) is 2. The Hall–Kier alpha value is -4.86. The molecule has 420 valence electrons. The first-order valence-electron chi connectivity index (χ1n) is 30.9. The minimum absolute atomic E-state index is 0.0332. The molecule has 4 fully saturated rings. The van der Waals surface area contributed by atoms with Crippen LogP contribution in [0.15, 0.2) is 79.8 Å².